The Morgan fingerprint density at radius 1 is 1.11 bits per heavy atom. The van der Waals surface area contributed by atoms with Gasteiger partial charge in [0.25, 0.3) is 5.91 Å². The number of benzene rings is 2. The van der Waals surface area contributed by atoms with Crippen LogP contribution in [0.3, 0.4) is 0 Å². The Morgan fingerprint density at radius 3 is 2.36 bits per heavy atom. The number of halogens is 1. The summed E-state index contributed by atoms with van der Waals surface area (Å²) in [6, 6.07) is 10.4. The third-order valence-corrected chi connectivity index (χ3v) is 4.38. The normalized spacial score (nSPS) is 11.8. The molecule has 0 aliphatic heterocycles. The smallest absolute Gasteiger partial charge is 0.331 e. The highest BCUT2D eigenvalue weighted by Crippen LogP contribution is 2.24. The van der Waals surface area contributed by atoms with Crippen LogP contribution in [0, 0.1) is 6.92 Å². The molecule has 0 saturated carbocycles. The molecule has 0 fully saturated rings. The van der Waals surface area contributed by atoms with E-state index in [4.69, 9.17) is 25.8 Å². The molecule has 2 aromatic rings. The topological polar surface area (TPSA) is 73.9 Å². The molecule has 2 rings (SSSR count). The van der Waals surface area contributed by atoms with Gasteiger partial charge in [-0.05, 0) is 55.3 Å². The minimum atomic E-state index is -0.977. The average Bonchev–Trinajstić information content (AvgIpc) is 2.69. The highest BCUT2D eigenvalue weighted by atomic mass is 35.5. The molecule has 6 nitrogen and oxygen atoms in total. The first-order chi connectivity index (χ1) is 13.3. The van der Waals surface area contributed by atoms with E-state index in [1.54, 1.807) is 63.6 Å². The van der Waals surface area contributed by atoms with E-state index in [1.165, 1.54) is 13.0 Å². The number of esters is 1. The van der Waals surface area contributed by atoms with Crippen LogP contribution in [0.4, 0.5) is 5.69 Å². The second kappa shape index (κ2) is 9.80. The van der Waals surface area contributed by atoms with Crippen LogP contribution in [0.25, 0.3) is 6.08 Å². The van der Waals surface area contributed by atoms with Crippen molar-refractivity contribution in [1.82, 2.24) is 0 Å². The van der Waals surface area contributed by atoms with E-state index in [0.29, 0.717) is 27.8 Å². The van der Waals surface area contributed by atoms with Crippen molar-refractivity contribution < 1.29 is 23.8 Å². The van der Waals surface area contributed by atoms with Crippen molar-refractivity contribution in [1.29, 1.82) is 0 Å². The molecule has 0 unspecified atom stereocenters. The largest absolute Gasteiger partial charge is 0.497 e. The van der Waals surface area contributed by atoms with E-state index in [2.05, 4.69) is 5.32 Å². The van der Waals surface area contributed by atoms with Gasteiger partial charge in [-0.2, -0.15) is 0 Å². The molecule has 0 aliphatic carbocycles. The van der Waals surface area contributed by atoms with Crippen LogP contribution < -0.4 is 14.8 Å². The SMILES string of the molecule is COc1cc(/C=C/C(=O)O[C@H](C)C(=O)Nc2cccc(Cl)c2C)cc(OC)c1. The molecule has 0 heterocycles. The summed E-state index contributed by atoms with van der Waals surface area (Å²) in [4.78, 5) is 24.3. The summed E-state index contributed by atoms with van der Waals surface area (Å²) in [5, 5.41) is 3.24. The molecule has 7 heteroatoms. The van der Waals surface area contributed by atoms with Gasteiger partial charge in [-0.15, -0.1) is 0 Å². The molecule has 1 amide bonds. The highest BCUT2D eigenvalue weighted by molar-refractivity contribution is 6.31. The fourth-order valence-corrected chi connectivity index (χ4v) is 2.51. The fraction of sp³-hybridized carbons (Fsp3) is 0.238. The van der Waals surface area contributed by atoms with Crippen LogP contribution in [0.15, 0.2) is 42.5 Å². The van der Waals surface area contributed by atoms with Crippen molar-refractivity contribution in [3.63, 3.8) is 0 Å². The van der Waals surface area contributed by atoms with Gasteiger partial charge in [-0.1, -0.05) is 17.7 Å². The summed E-state index contributed by atoms with van der Waals surface area (Å²) in [7, 11) is 3.08. The van der Waals surface area contributed by atoms with Crippen LogP contribution >= 0.6 is 11.6 Å². The molecule has 1 N–H and O–H groups in total. The van der Waals surface area contributed by atoms with Gasteiger partial charge in [0.2, 0.25) is 0 Å². The predicted octanol–water partition coefficient (Wildman–Crippen LogP) is 4.25. The summed E-state index contributed by atoms with van der Waals surface area (Å²) in [6.07, 6.45) is 1.82. The average molecular weight is 404 g/mol. The highest BCUT2D eigenvalue weighted by Gasteiger charge is 2.17. The summed E-state index contributed by atoms with van der Waals surface area (Å²) >= 11 is 6.04. The Kier molecular flexibility index (Phi) is 7.46. The van der Waals surface area contributed by atoms with E-state index in [9.17, 15) is 9.59 Å². The molecule has 0 aromatic heterocycles. The molecule has 0 bridgehead atoms. The zero-order valence-electron chi connectivity index (χ0n) is 16.1. The monoisotopic (exact) mass is 403 g/mol. The number of hydrogen-bond donors (Lipinski definition) is 1. The standard InChI is InChI=1S/C21H22ClNO5/c1-13-18(22)6-5-7-19(13)23-21(25)14(2)28-20(24)9-8-15-10-16(26-3)12-17(11-15)27-4/h5-12,14H,1-4H3,(H,23,25)/b9-8+/t14-/m1/s1. The summed E-state index contributed by atoms with van der Waals surface area (Å²) in [5.41, 5.74) is 2.00. The van der Waals surface area contributed by atoms with Gasteiger partial charge in [-0.3, -0.25) is 4.79 Å². The minimum absolute atomic E-state index is 0.449. The van der Waals surface area contributed by atoms with Crippen molar-refractivity contribution in [3.05, 3.63) is 58.6 Å². The molecular weight excluding hydrogens is 382 g/mol. The van der Waals surface area contributed by atoms with Crippen LogP contribution in [-0.4, -0.2) is 32.2 Å². The van der Waals surface area contributed by atoms with Crippen LogP contribution in [0.1, 0.15) is 18.1 Å². The van der Waals surface area contributed by atoms with Crippen molar-refractivity contribution in [3.8, 4) is 11.5 Å². The maximum Gasteiger partial charge on any atom is 0.331 e. The van der Waals surface area contributed by atoms with Gasteiger partial charge in [-0.25, -0.2) is 4.79 Å². The van der Waals surface area contributed by atoms with Gasteiger partial charge in [0, 0.05) is 22.9 Å². The van der Waals surface area contributed by atoms with Crippen molar-refractivity contribution in [2.75, 3.05) is 19.5 Å². The molecule has 0 spiro atoms. The van der Waals surface area contributed by atoms with Crippen LogP contribution in [-0.2, 0) is 14.3 Å². The second-order valence-electron chi connectivity index (χ2n) is 5.96. The number of amides is 1. The molecule has 28 heavy (non-hydrogen) atoms. The zero-order chi connectivity index (χ0) is 20.7. The molecular formula is C21H22ClNO5. The van der Waals surface area contributed by atoms with E-state index in [-0.39, 0.29) is 0 Å². The Bertz CT molecular complexity index is 872. The third-order valence-electron chi connectivity index (χ3n) is 3.97. The zero-order valence-corrected chi connectivity index (χ0v) is 16.9. The number of ether oxygens (including phenoxy) is 3. The minimum Gasteiger partial charge on any atom is -0.497 e. The lowest BCUT2D eigenvalue weighted by atomic mass is 10.2. The first kappa shape index (κ1) is 21.3. The Morgan fingerprint density at radius 2 is 1.75 bits per heavy atom. The Labute approximate surface area is 169 Å². The van der Waals surface area contributed by atoms with Gasteiger partial charge in [0.1, 0.15) is 11.5 Å². The Balaban J connectivity index is 1.99. The first-order valence-corrected chi connectivity index (χ1v) is 8.89. The van der Waals surface area contributed by atoms with Crippen LogP contribution in [0.5, 0.6) is 11.5 Å². The second-order valence-corrected chi connectivity index (χ2v) is 6.37. The number of anilines is 1. The quantitative estimate of drug-likeness (QED) is 0.552. The Hall–Kier alpha value is -2.99. The summed E-state index contributed by atoms with van der Waals surface area (Å²) < 4.78 is 15.5. The van der Waals surface area contributed by atoms with Gasteiger partial charge in [0.05, 0.1) is 14.2 Å². The number of nitrogens with one attached hydrogen (secondary N) is 1. The number of methoxy groups -OCH3 is 2. The lowest BCUT2D eigenvalue weighted by molar-refractivity contribution is -0.148. The first-order valence-electron chi connectivity index (χ1n) is 8.51. The lowest BCUT2D eigenvalue weighted by Gasteiger charge is -2.14. The fourth-order valence-electron chi connectivity index (χ4n) is 2.33. The number of carbonyl (C=O) groups is 2. The maximum atomic E-state index is 12.3. The van der Waals surface area contributed by atoms with E-state index in [0.717, 1.165) is 5.56 Å². The van der Waals surface area contributed by atoms with Crippen molar-refractivity contribution in [2.24, 2.45) is 0 Å². The van der Waals surface area contributed by atoms with Crippen molar-refractivity contribution in [2.45, 2.75) is 20.0 Å². The van der Waals surface area contributed by atoms with Crippen molar-refractivity contribution >= 4 is 35.2 Å². The van der Waals surface area contributed by atoms with E-state index in [1.807, 2.05) is 0 Å². The molecule has 1 atom stereocenters. The third kappa shape index (κ3) is 5.76. The summed E-state index contributed by atoms with van der Waals surface area (Å²) in [6.45, 7) is 3.29. The predicted molar refractivity (Wildman–Crippen MR) is 109 cm³/mol. The molecule has 0 radical (unpaired) electrons. The number of hydrogen-bond acceptors (Lipinski definition) is 5. The summed E-state index contributed by atoms with van der Waals surface area (Å²) in [5.74, 6) is 0.0939. The molecule has 148 valence electrons. The van der Waals surface area contributed by atoms with E-state index < -0.39 is 18.0 Å². The number of carbonyl (C=O) groups excluding carboxylic acids is 2. The maximum absolute atomic E-state index is 12.3. The van der Waals surface area contributed by atoms with Gasteiger partial charge in [0.15, 0.2) is 6.10 Å². The lowest BCUT2D eigenvalue weighted by Crippen LogP contribution is -2.29. The van der Waals surface area contributed by atoms with Crippen LogP contribution in [0.2, 0.25) is 5.02 Å². The molecule has 2 aromatic carbocycles. The van der Waals surface area contributed by atoms with Gasteiger partial charge < -0.3 is 19.5 Å². The molecule has 0 saturated heterocycles. The van der Waals surface area contributed by atoms with Gasteiger partial charge >= 0.3 is 5.97 Å². The van der Waals surface area contributed by atoms with E-state index >= 15 is 0 Å². The molecule has 0 aliphatic rings. The number of rotatable bonds is 7.